The van der Waals surface area contributed by atoms with Gasteiger partial charge in [-0.25, -0.2) is 4.98 Å². The fraction of sp³-hybridized carbons (Fsp3) is 0.222. The molecule has 0 aliphatic rings. The van der Waals surface area contributed by atoms with Crippen LogP contribution < -0.4 is 10.1 Å². The number of imidazole rings is 1. The summed E-state index contributed by atoms with van der Waals surface area (Å²) in [5.41, 5.74) is 3.13. The van der Waals surface area contributed by atoms with Crippen LogP contribution in [0, 0.1) is 13.8 Å². The van der Waals surface area contributed by atoms with Gasteiger partial charge in [-0.15, -0.1) is 0 Å². The summed E-state index contributed by atoms with van der Waals surface area (Å²) >= 11 is 3.38. The molecule has 5 nitrogen and oxygen atoms in total. The number of amides is 1. The molecule has 1 amide bonds. The number of pyridine rings is 1. The molecule has 3 aromatic rings. The molecule has 0 fully saturated rings. The highest BCUT2D eigenvalue weighted by Crippen LogP contribution is 2.16. The van der Waals surface area contributed by atoms with Crippen molar-refractivity contribution in [2.45, 2.75) is 13.8 Å². The molecule has 0 spiro atoms. The molecule has 0 aliphatic heterocycles. The molecule has 124 valence electrons. The molecule has 0 unspecified atom stereocenters. The van der Waals surface area contributed by atoms with Crippen LogP contribution in [0.5, 0.6) is 5.75 Å². The molecule has 2 heterocycles. The van der Waals surface area contributed by atoms with Crippen molar-refractivity contribution in [1.29, 1.82) is 0 Å². The third-order valence-electron chi connectivity index (χ3n) is 3.63. The molecule has 0 atom stereocenters. The first kappa shape index (κ1) is 16.5. The summed E-state index contributed by atoms with van der Waals surface area (Å²) < 4.78 is 8.44. The maximum atomic E-state index is 12.5. The van der Waals surface area contributed by atoms with Gasteiger partial charge >= 0.3 is 0 Å². The molecule has 0 bridgehead atoms. The first-order valence-corrected chi connectivity index (χ1v) is 8.46. The number of benzene rings is 1. The number of aryl methyl sites for hydroxylation is 2. The summed E-state index contributed by atoms with van der Waals surface area (Å²) in [6.45, 7) is 4.66. The third-order valence-corrected chi connectivity index (χ3v) is 4.15. The Kier molecular flexibility index (Phi) is 4.85. The Balaban J connectivity index is 1.62. The lowest BCUT2D eigenvalue weighted by Gasteiger charge is -2.08. The molecule has 0 aliphatic carbocycles. The minimum Gasteiger partial charge on any atom is -0.492 e. The summed E-state index contributed by atoms with van der Waals surface area (Å²) in [5, 5.41) is 2.89. The quantitative estimate of drug-likeness (QED) is 0.681. The van der Waals surface area contributed by atoms with E-state index in [9.17, 15) is 4.79 Å². The van der Waals surface area contributed by atoms with Crippen molar-refractivity contribution in [2.75, 3.05) is 13.2 Å². The molecule has 0 saturated heterocycles. The van der Waals surface area contributed by atoms with Gasteiger partial charge in [0.25, 0.3) is 5.91 Å². The second-order valence-electron chi connectivity index (χ2n) is 5.54. The largest absolute Gasteiger partial charge is 0.492 e. The second kappa shape index (κ2) is 7.05. The predicted octanol–water partition coefficient (Wildman–Crippen LogP) is 3.52. The first-order valence-electron chi connectivity index (χ1n) is 7.66. The molecular weight excluding hydrogens is 370 g/mol. The molecule has 3 rings (SSSR count). The van der Waals surface area contributed by atoms with E-state index in [1.165, 1.54) is 0 Å². The lowest BCUT2D eigenvalue weighted by atomic mass is 10.3. The number of carbonyl (C=O) groups is 1. The van der Waals surface area contributed by atoms with Crippen LogP contribution in [0.4, 0.5) is 0 Å². The number of nitrogens with one attached hydrogen (secondary N) is 1. The van der Waals surface area contributed by atoms with E-state index in [1.807, 2.05) is 60.8 Å². The summed E-state index contributed by atoms with van der Waals surface area (Å²) in [6.07, 6.45) is 1.92. The number of fused-ring (bicyclic) bond motifs is 1. The molecular formula is C18H18BrN3O2. The van der Waals surface area contributed by atoms with Crippen LogP contribution in [0.25, 0.3) is 5.65 Å². The minimum absolute atomic E-state index is 0.148. The van der Waals surface area contributed by atoms with Gasteiger partial charge in [0.1, 0.15) is 23.7 Å². The summed E-state index contributed by atoms with van der Waals surface area (Å²) in [6, 6.07) is 11.5. The van der Waals surface area contributed by atoms with Gasteiger partial charge in [0.2, 0.25) is 0 Å². The normalized spacial score (nSPS) is 10.8. The highest BCUT2D eigenvalue weighted by atomic mass is 79.9. The number of carbonyl (C=O) groups excluding carboxylic acids is 1. The summed E-state index contributed by atoms with van der Waals surface area (Å²) in [7, 11) is 0. The molecule has 0 radical (unpaired) electrons. The first-order chi connectivity index (χ1) is 11.5. The van der Waals surface area contributed by atoms with E-state index in [4.69, 9.17) is 4.74 Å². The van der Waals surface area contributed by atoms with Gasteiger partial charge in [-0.05, 0) is 49.7 Å². The van der Waals surface area contributed by atoms with E-state index in [2.05, 4.69) is 26.2 Å². The average molecular weight is 388 g/mol. The van der Waals surface area contributed by atoms with Crippen LogP contribution in [0.15, 0.2) is 47.1 Å². The SMILES string of the molecule is Cc1ccc2nc(C)c(C(=O)NCCOc3ccc(Br)cc3)n2c1. The van der Waals surface area contributed by atoms with Gasteiger partial charge in [0.05, 0.1) is 12.2 Å². The summed E-state index contributed by atoms with van der Waals surface area (Å²) in [5.74, 6) is 0.624. The minimum atomic E-state index is -0.148. The van der Waals surface area contributed by atoms with Crippen molar-refractivity contribution in [2.24, 2.45) is 0 Å². The number of hydrogen-bond acceptors (Lipinski definition) is 3. The topological polar surface area (TPSA) is 55.6 Å². The fourth-order valence-electron chi connectivity index (χ4n) is 2.49. The van der Waals surface area contributed by atoms with Crippen molar-refractivity contribution >= 4 is 27.5 Å². The monoisotopic (exact) mass is 387 g/mol. The molecule has 24 heavy (non-hydrogen) atoms. The van der Waals surface area contributed by atoms with E-state index < -0.39 is 0 Å². The highest BCUT2D eigenvalue weighted by molar-refractivity contribution is 9.10. The van der Waals surface area contributed by atoms with Crippen molar-refractivity contribution in [3.05, 3.63) is 64.0 Å². The molecule has 6 heteroatoms. The number of hydrogen-bond donors (Lipinski definition) is 1. The number of aromatic nitrogens is 2. The third kappa shape index (κ3) is 3.59. The van der Waals surface area contributed by atoms with Gasteiger partial charge in [-0.3, -0.25) is 9.20 Å². The zero-order valence-corrected chi connectivity index (χ0v) is 15.1. The van der Waals surface area contributed by atoms with Crippen LogP contribution in [-0.2, 0) is 0 Å². The summed E-state index contributed by atoms with van der Waals surface area (Å²) in [4.78, 5) is 16.9. The van der Waals surface area contributed by atoms with E-state index in [0.29, 0.717) is 24.5 Å². The fourth-order valence-corrected chi connectivity index (χ4v) is 2.75. The van der Waals surface area contributed by atoms with Crippen molar-refractivity contribution in [3.63, 3.8) is 0 Å². The molecule has 2 aromatic heterocycles. The number of nitrogens with zero attached hydrogens (tertiary/aromatic N) is 2. The second-order valence-corrected chi connectivity index (χ2v) is 6.45. The van der Waals surface area contributed by atoms with Crippen molar-refractivity contribution < 1.29 is 9.53 Å². The predicted molar refractivity (Wildman–Crippen MR) is 96.6 cm³/mol. The van der Waals surface area contributed by atoms with Crippen molar-refractivity contribution in [3.8, 4) is 5.75 Å². The van der Waals surface area contributed by atoms with Crippen LogP contribution in [0.1, 0.15) is 21.7 Å². The van der Waals surface area contributed by atoms with Gasteiger partial charge in [0, 0.05) is 10.7 Å². The van der Waals surface area contributed by atoms with Gasteiger partial charge in [0.15, 0.2) is 0 Å². The maximum absolute atomic E-state index is 12.5. The van der Waals surface area contributed by atoms with Gasteiger partial charge in [-0.2, -0.15) is 0 Å². The zero-order valence-electron chi connectivity index (χ0n) is 13.5. The Bertz CT molecular complexity index is 872. The zero-order chi connectivity index (χ0) is 17.1. The van der Waals surface area contributed by atoms with E-state index in [0.717, 1.165) is 21.4 Å². The van der Waals surface area contributed by atoms with Crippen LogP contribution in [0.3, 0.4) is 0 Å². The van der Waals surface area contributed by atoms with Crippen molar-refractivity contribution in [1.82, 2.24) is 14.7 Å². The number of halogens is 1. The number of rotatable bonds is 5. The lowest BCUT2D eigenvalue weighted by Crippen LogP contribution is -2.29. The highest BCUT2D eigenvalue weighted by Gasteiger charge is 2.16. The van der Waals surface area contributed by atoms with E-state index in [-0.39, 0.29) is 5.91 Å². The van der Waals surface area contributed by atoms with E-state index in [1.54, 1.807) is 0 Å². The molecule has 1 aromatic carbocycles. The maximum Gasteiger partial charge on any atom is 0.270 e. The Morgan fingerprint density at radius 1 is 1.21 bits per heavy atom. The Labute approximate surface area is 148 Å². The molecule has 1 N–H and O–H groups in total. The lowest BCUT2D eigenvalue weighted by molar-refractivity contribution is 0.0940. The Morgan fingerprint density at radius 3 is 2.71 bits per heavy atom. The number of ether oxygens (including phenoxy) is 1. The van der Waals surface area contributed by atoms with Crippen LogP contribution >= 0.6 is 15.9 Å². The Hall–Kier alpha value is -2.34. The smallest absolute Gasteiger partial charge is 0.270 e. The van der Waals surface area contributed by atoms with Crippen LogP contribution in [0.2, 0.25) is 0 Å². The Morgan fingerprint density at radius 2 is 1.96 bits per heavy atom. The standard InChI is InChI=1S/C18H18BrN3O2/c1-12-3-8-16-21-13(2)17(22(16)11-12)18(23)20-9-10-24-15-6-4-14(19)5-7-15/h3-8,11H,9-10H2,1-2H3,(H,20,23). The van der Waals surface area contributed by atoms with Gasteiger partial charge < -0.3 is 10.1 Å². The molecule has 0 saturated carbocycles. The van der Waals surface area contributed by atoms with Crippen LogP contribution in [-0.4, -0.2) is 28.4 Å². The van der Waals surface area contributed by atoms with Gasteiger partial charge in [-0.1, -0.05) is 22.0 Å². The average Bonchev–Trinajstić information content (AvgIpc) is 2.88. The van der Waals surface area contributed by atoms with E-state index >= 15 is 0 Å².